The van der Waals surface area contributed by atoms with Gasteiger partial charge in [-0.3, -0.25) is 4.79 Å². The standard InChI is InChI=1S/C28H36N4O/c1-30-21-25(26-8-5-14-29-27(26)30)13-17-31-15-11-24(12-16-31)28(33)32-18-9-23(10-19-32)20-22-6-3-2-4-7-22/h2-8,14,21,23-24H,9-13,15-20H2,1H3. The Bertz CT molecular complexity index is 1060. The highest BCUT2D eigenvalue weighted by molar-refractivity contribution is 5.80. The minimum atomic E-state index is 0.216. The number of carbonyl (C=O) groups excluding carboxylic acids is 1. The minimum absolute atomic E-state index is 0.216. The van der Waals surface area contributed by atoms with E-state index in [1.807, 2.05) is 12.3 Å². The molecule has 0 N–H and O–H groups in total. The first-order valence-electron chi connectivity index (χ1n) is 12.6. The van der Waals surface area contributed by atoms with Crippen molar-refractivity contribution in [1.29, 1.82) is 0 Å². The predicted molar refractivity (Wildman–Crippen MR) is 133 cm³/mol. The summed E-state index contributed by atoms with van der Waals surface area (Å²) in [5.74, 6) is 1.34. The van der Waals surface area contributed by atoms with Crippen LogP contribution in [0.4, 0.5) is 0 Å². The molecule has 2 aliphatic heterocycles. The number of fused-ring (bicyclic) bond motifs is 1. The zero-order valence-corrected chi connectivity index (χ0v) is 19.8. The molecule has 174 valence electrons. The molecule has 0 spiro atoms. The zero-order valence-electron chi connectivity index (χ0n) is 19.8. The molecule has 0 radical (unpaired) electrons. The van der Waals surface area contributed by atoms with Crippen LogP contribution in [-0.4, -0.2) is 58.0 Å². The number of aryl methyl sites for hydroxylation is 1. The number of hydrogen-bond acceptors (Lipinski definition) is 3. The van der Waals surface area contributed by atoms with Gasteiger partial charge in [0.25, 0.3) is 0 Å². The van der Waals surface area contributed by atoms with E-state index in [1.54, 1.807) is 0 Å². The number of benzene rings is 1. The highest BCUT2D eigenvalue weighted by Gasteiger charge is 2.30. The third-order valence-electron chi connectivity index (χ3n) is 7.74. The molecular weight excluding hydrogens is 408 g/mol. The number of piperidine rings is 2. The molecular formula is C28H36N4O. The van der Waals surface area contributed by atoms with Crippen molar-refractivity contribution in [3.05, 3.63) is 66.0 Å². The Morgan fingerprint density at radius 1 is 0.970 bits per heavy atom. The first-order valence-corrected chi connectivity index (χ1v) is 12.6. The van der Waals surface area contributed by atoms with Crippen LogP contribution in [0.25, 0.3) is 11.0 Å². The molecule has 5 rings (SSSR count). The van der Waals surface area contributed by atoms with Crippen molar-refractivity contribution in [3.63, 3.8) is 0 Å². The van der Waals surface area contributed by atoms with Crippen molar-refractivity contribution < 1.29 is 4.79 Å². The number of pyridine rings is 1. The monoisotopic (exact) mass is 444 g/mol. The van der Waals surface area contributed by atoms with E-state index in [9.17, 15) is 4.79 Å². The summed E-state index contributed by atoms with van der Waals surface area (Å²) < 4.78 is 2.12. The summed E-state index contributed by atoms with van der Waals surface area (Å²) in [6.07, 6.45) is 10.5. The molecule has 0 atom stereocenters. The van der Waals surface area contributed by atoms with Crippen LogP contribution in [0.3, 0.4) is 0 Å². The lowest BCUT2D eigenvalue weighted by Gasteiger charge is -2.37. The summed E-state index contributed by atoms with van der Waals surface area (Å²) >= 11 is 0. The Labute approximate surface area is 197 Å². The smallest absolute Gasteiger partial charge is 0.225 e. The van der Waals surface area contributed by atoms with E-state index < -0.39 is 0 Å². The Kier molecular flexibility index (Phi) is 6.77. The van der Waals surface area contributed by atoms with Crippen LogP contribution in [0.1, 0.15) is 36.8 Å². The van der Waals surface area contributed by atoms with Gasteiger partial charge in [0.2, 0.25) is 5.91 Å². The topological polar surface area (TPSA) is 41.4 Å². The maximum Gasteiger partial charge on any atom is 0.225 e. The van der Waals surface area contributed by atoms with Gasteiger partial charge in [-0.2, -0.15) is 0 Å². The number of aromatic nitrogens is 2. The molecule has 1 aromatic carbocycles. The highest BCUT2D eigenvalue weighted by atomic mass is 16.2. The van der Waals surface area contributed by atoms with E-state index in [0.29, 0.717) is 11.8 Å². The molecule has 0 bridgehead atoms. The van der Waals surface area contributed by atoms with Crippen LogP contribution in [0.15, 0.2) is 54.9 Å². The van der Waals surface area contributed by atoms with E-state index in [4.69, 9.17) is 0 Å². The third kappa shape index (κ3) is 5.14. The van der Waals surface area contributed by atoms with E-state index in [1.165, 1.54) is 16.5 Å². The van der Waals surface area contributed by atoms with Gasteiger partial charge in [0.05, 0.1) is 0 Å². The van der Waals surface area contributed by atoms with Gasteiger partial charge in [0, 0.05) is 50.4 Å². The first kappa shape index (κ1) is 22.1. The molecule has 0 saturated carbocycles. The van der Waals surface area contributed by atoms with Gasteiger partial charge >= 0.3 is 0 Å². The van der Waals surface area contributed by atoms with Crippen molar-refractivity contribution in [2.24, 2.45) is 18.9 Å². The molecule has 2 aromatic heterocycles. The fraction of sp³-hybridized carbons (Fsp3) is 0.500. The van der Waals surface area contributed by atoms with E-state index in [-0.39, 0.29) is 5.92 Å². The number of nitrogens with zero attached hydrogens (tertiary/aromatic N) is 4. The largest absolute Gasteiger partial charge is 0.342 e. The van der Waals surface area contributed by atoms with Crippen LogP contribution in [-0.2, 0) is 24.7 Å². The van der Waals surface area contributed by atoms with Gasteiger partial charge in [0.1, 0.15) is 5.65 Å². The number of carbonyl (C=O) groups is 1. The van der Waals surface area contributed by atoms with Gasteiger partial charge < -0.3 is 14.4 Å². The second kappa shape index (κ2) is 10.1. The number of amides is 1. The Hall–Kier alpha value is -2.66. The van der Waals surface area contributed by atoms with Crippen molar-refractivity contribution >= 4 is 16.9 Å². The normalized spacial score (nSPS) is 18.8. The Morgan fingerprint density at radius 3 is 2.48 bits per heavy atom. The zero-order chi connectivity index (χ0) is 22.6. The first-order chi connectivity index (χ1) is 16.2. The third-order valence-corrected chi connectivity index (χ3v) is 7.74. The summed E-state index contributed by atoms with van der Waals surface area (Å²) in [6.45, 7) is 4.99. The minimum Gasteiger partial charge on any atom is -0.342 e. The number of hydrogen-bond donors (Lipinski definition) is 0. The maximum atomic E-state index is 13.2. The molecule has 4 heterocycles. The summed E-state index contributed by atoms with van der Waals surface area (Å²) in [4.78, 5) is 22.3. The molecule has 2 fully saturated rings. The molecule has 2 aliphatic rings. The summed E-state index contributed by atoms with van der Waals surface area (Å²) in [5.41, 5.74) is 3.86. The van der Waals surface area contributed by atoms with Crippen molar-refractivity contribution in [1.82, 2.24) is 19.4 Å². The van der Waals surface area contributed by atoms with Crippen LogP contribution >= 0.6 is 0 Å². The molecule has 2 saturated heterocycles. The highest BCUT2D eigenvalue weighted by Crippen LogP contribution is 2.26. The lowest BCUT2D eigenvalue weighted by Crippen LogP contribution is -2.45. The molecule has 3 aromatic rings. The molecule has 1 amide bonds. The Balaban J connectivity index is 1.06. The quantitative estimate of drug-likeness (QED) is 0.569. The number of rotatable bonds is 6. The molecule has 5 nitrogen and oxygen atoms in total. The van der Waals surface area contributed by atoms with Crippen LogP contribution < -0.4 is 0 Å². The molecule has 5 heteroatoms. The van der Waals surface area contributed by atoms with E-state index >= 15 is 0 Å². The predicted octanol–water partition coefficient (Wildman–Crippen LogP) is 4.31. The van der Waals surface area contributed by atoms with Gasteiger partial charge in [-0.1, -0.05) is 30.3 Å². The average Bonchev–Trinajstić information content (AvgIpc) is 3.19. The summed E-state index contributed by atoms with van der Waals surface area (Å²) in [7, 11) is 2.07. The van der Waals surface area contributed by atoms with E-state index in [0.717, 1.165) is 76.9 Å². The van der Waals surface area contributed by atoms with Crippen molar-refractivity contribution in [2.45, 2.75) is 38.5 Å². The van der Waals surface area contributed by atoms with Crippen LogP contribution in [0.5, 0.6) is 0 Å². The second-order valence-electron chi connectivity index (χ2n) is 9.96. The lowest BCUT2D eigenvalue weighted by molar-refractivity contribution is -0.138. The SMILES string of the molecule is Cn1cc(CCN2CCC(C(=O)N3CCC(Cc4ccccc4)CC3)CC2)c2cccnc21. The number of likely N-dealkylation sites (tertiary alicyclic amines) is 2. The van der Waals surface area contributed by atoms with Gasteiger partial charge in [0.15, 0.2) is 0 Å². The molecule has 0 unspecified atom stereocenters. The fourth-order valence-electron chi connectivity index (χ4n) is 5.74. The Morgan fingerprint density at radius 2 is 1.73 bits per heavy atom. The summed E-state index contributed by atoms with van der Waals surface area (Å²) in [6, 6.07) is 15.0. The van der Waals surface area contributed by atoms with Crippen molar-refractivity contribution in [3.8, 4) is 0 Å². The fourth-order valence-corrected chi connectivity index (χ4v) is 5.74. The van der Waals surface area contributed by atoms with E-state index in [2.05, 4.69) is 69.0 Å². The summed E-state index contributed by atoms with van der Waals surface area (Å²) in [5, 5.41) is 1.26. The lowest BCUT2D eigenvalue weighted by atomic mass is 9.88. The molecule has 0 aliphatic carbocycles. The van der Waals surface area contributed by atoms with Crippen LogP contribution in [0.2, 0.25) is 0 Å². The maximum absolute atomic E-state index is 13.2. The van der Waals surface area contributed by atoms with Gasteiger partial charge in [-0.25, -0.2) is 4.98 Å². The van der Waals surface area contributed by atoms with Gasteiger partial charge in [-0.05, 0) is 80.8 Å². The van der Waals surface area contributed by atoms with Crippen LogP contribution in [0, 0.1) is 11.8 Å². The molecule has 33 heavy (non-hydrogen) atoms. The van der Waals surface area contributed by atoms with Gasteiger partial charge in [-0.15, -0.1) is 0 Å². The van der Waals surface area contributed by atoms with Crippen molar-refractivity contribution in [2.75, 3.05) is 32.7 Å². The average molecular weight is 445 g/mol. The second-order valence-corrected chi connectivity index (χ2v) is 9.96.